The summed E-state index contributed by atoms with van der Waals surface area (Å²) in [6, 6.07) is 9.39. The molecule has 1 unspecified atom stereocenters. The highest BCUT2D eigenvalue weighted by Crippen LogP contribution is 2.33. The van der Waals surface area contributed by atoms with Crippen LogP contribution >= 0.6 is 22.7 Å². The molecule has 0 N–H and O–H groups in total. The Morgan fingerprint density at radius 3 is 2.70 bits per heavy atom. The van der Waals surface area contributed by atoms with Crippen molar-refractivity contribution >= 4 is 34.7 Å². The molecule has 5 nitrogen and oxygen atoms in total. The zero-order valence-electron chi connectivity index (χ0n) is 16.6. The van der Waals surface area contributed by atoms with Gasteiger partial charge in [0, 0.05) is 10.4 Å². The minimum Gasteiger partial charge on any atom is -0.459 e. The van der Waals surface area contributed by atoms with Crippen LogP contribution in [0, 0.1) is 5.82 Å². The maximum absolute atomic E-state index is 14.1. The van der Waals surface area contributed by atoms with Crippen molar-refractivity contribution in [3.05, 3.63) is 89.0 Å². The van der Waals surface area contributed by atoms with Crippen molar-refractivity contribution in [1.82, 2.24) is 4.57 Å². The third-order valence-electron chi connectivity index (χ3n) is 4.59. The van der Waals surface area contributed by atoms with E-state index in [0.717, 1.165) is 4.88 Å². The maximum atomic E-state index is 14.1. The van der Waals surface area contributed by atoms with Crippen molar-refractivity contribution < 1.29 is 13.9 Å². The molecule has 0 saturated carbocycles. The highest BCUT2D eigenvalue weighted by Gasteiger charge is 2.34. The second-order valence-electron chi connectivity index (χ2n) is 7.07. The number of fused-ring (bicyclic) bond motifs is 1. The predicted molar refractivity (Wildman–Crippen MR) is 116 cm³/mol. The van der Waals surface area contributed by atoms with E-state index >= 15 is 0 Å². The zero-order chi connectivity index (χ0) is 21.4. The molecule has 30 heavy (non-hydrogen) atoms. The third-order valence-corrected chi connectivity index (χ3v) is 6.50. The molecule has 3 heterocycles. The summed E-state index contributed by atoms with van der Waals surface area (Å²) in [5, 5.41) is 1.89. The number of benzene rings is 1. The summed E-state index contributed by atoms with van der Waals surface area (Å²) in [5.41, 5.74) is 0.863. The zero-order valence-corrected chi connectivity index (χ0v) is 18.2. The Hall–Kier alpha value is -2.84. The standard InChI is InChI=1S/C22H19FN2O3S2/c1-12(2)28-21(27)18-13(3)24-22-25(19(18)16-9-6-10-29-16)20(26)17(30-22)11-14-7-4-5-8-15(14)23/h4-12,19H,1-3H3. The molecule has 4 rings (SSSR count). The van der Waals surface area contributed by atoms with Gasteiger partial charge in [0.1, 0.15) is 11.9 Å². The van der Waals surface area contributed by atoms with Crippen LogP contribution in [0.3, 0.4) is 0 Å². The van der Waals surface area contributed by atoms with Crippen LogP contribution in [0.5, 0.6) is 0 Å². The first-order valence-corrected chi connectivity index (χ1v) is 11.1. The number of hydrogen-bond acceptors (Lipinski definition) is 6. The average molecular weight is 443 g/mol. The highest BCUT2D eigenvalue weighted by atomic mass is 32.1. The first-order chi connectivity index (χ1) is 14.4. The van der Waals surface area contributed by atoms with Gasteiger partial charge in [0.25, 0.3) is 5.56 Å². The molecular formula is C22H19FN2O3S2. The third kappa shape index (κ3) is 3.68. The van der Waals surface area contributed by atoms with Gasteiger partial charge in [0.05, 0.1) is 21.9 Å². The smallest absolute Gasteiger partial charge is 0.338 e. The Kier molecular flexibility index (Phi) is 5.53. The number of ether oxygens (including phenoxy) is 1. The number of rotatable bonds is 4. The summed E-state index contributed by atoms with van der Waals surface area (Å²) in [6.07, 6.45) is 1.23. The molecule has 0 saturated heterocycles. The van der Waals surface area contributed by atoms with Gasteiger partial charge < -0.3 is 4.74 Å². The molecule has 1 aromatic carbocycles. The Bertz CT molecular complexity index is 1320. The van der Waals surface area contributed by atoms with E-state index < -0.39 is 17.8 Å². The molecule has 2 aromatic heterocycles. The summed E-state index contributed by atoms with van der Waals surface area (Å²) < 4.78 is 21.4. The van der Waals surface area contributed by atoms with E-state index in [4.69, 9.17) is 4.74 Å². The average Bonchev–Trinajstić information content (AvgIpc) is 3.31. The fourth-order valence-corrected chi connectivity index (χ4v) is 5.17. The molecule has 3 aromatic rings. The summed E-state index contributed by atoms with van der Waals surface area (Å²) in [7, 11) is 0. The summed E-state index contributed by atoms with van der Waals surface area (Å²) in [6.45, 7) is 5.29. The van der Waals surface area contributed by atoms with Crippen LogP contribution in [-0.2, 0) is 9.53 Å². The molecule has 0 amide bonds. The number of allylic oxidation sites excluding steroid dienone is 1. The van der Waals surface area contributed by atoms with E-state index in [0.29, 0.717) is 26.2 Å². The van der Waals surface area contributed by atoms with E-state index in [9.17, 15) is 14.0 Å². The van der Waals surface area contributed by atoms with Crippen LogP contribution in [0.4, 0.5) is 4.39 Å². The van der Waals surface area contributed by atoms with Gasteiger partial charge in [-0.15, -0.1) is 11.3 Å². The van der Waals surface area contributed by atoms with Gasteiger partial charge in [-0.3, -0.25) is 9.36 Å². The van der Waals surface area contributed by atoms with Gasteiger partial charge in [-0.2, -0.15) is 0 Å². The van der Waals surface area contributed by atoms with E-state index in [1.807, 2.05) is 17.5 Å². The predicted octanol–water partition coefficient (Wildman–Crippen LogP) is 3.39. The van der Waals surface area contributed by atoms with E-state index in [-0.39, 0.29) is 11.7 Å². The Morgan fingerprint density at radius 1 is 1.27 bits per heavy atom. The number of aromatic nitrogens is 1. The van der Waals surface area contributed by atoms with Crippen molar-refractivity contribution in [2.45, 2.75) is 32.9 Å². The van der Waals surface area contributed by atoms with Crippen LogP contribution in [0.15, 0.2) is 62.8 Å². The van der Waals surface area contributed by atoms with Gasteiger partial charge in [0.2, 0.25) is 0 Å². The van der Waals surface area contributed by atoms with Crippen molar-refractivity contribution in [2.75, 3.05) is 0 Å². The Labute approximate surface area is 180 Å². The molecular weight excluding hydrogens is 423 g/mol. The van der Waals surface area contributed by atoms with Crippen LogP contribution in [0.1, 0.15) is 37.3 Å². The van der Waals surface area contributed by atoms with E-state index in [1.54, 1.807) is 39.0 Å². The Morgan fingerprint density at radius 2 is 2.03 bits per heavy atom. The van der Waals surface area contributed by atoms with Crippen LogP contribution < -0.4 is 14.9 Å². The normalized spacial score (nSPS) is 16.6. The number of halogens is 1. The molecule has 0 radical (unpaired) electrons. The highest BCUT2D eigenvalue weighted by molar-refractivity contribution is 7.10. The fraction of sp³-hybridized carbons (Fsp3) is 0.227. The summed E-state index contributed by atoms with van der Waals surface area (Å²) in [4.78, 5) is 32.0. The van der Waals surface area contributed by atoms with E-state index in [1.165, 1.54) is 39.4 Å². The lowest BCUT2D eigenvalue weighted by Crippen LogP contribution is -2.39. The number of hydrogen-bond donors (Lipinski definition) is 0. The van der Waals surface area contributed by atoms with Gasteiger partial charge in [-0.1, -0.05) is 35.6 Å². The Balaban J connectivity index is 1.94. The minimum absolute atomic E-state index is 0.299. The molecule has 1 atom stereocenters. The molecule has 0 aliphatic carbocycles. The fourth-order valence-electron chi connectivity index (χ4n) is 3.31. The number of thiazole rings is 1. The monoisotopic (exact) mass is 442 g/mol. The van der Waals surface area contributed by atoms with Crippen LogP contribution in [-0.4, -0.2) is 16.6 Å². The molecule has 0 spiro atoms. The molecule has 8 heteroatoms. The van der Waals surface area contributed by atoms with Gasteiger partial charge in [-0.25, -0.2) is 14.2 Å². The van der Waals surface area contributed by atoms with Crippen molar-refractivity contribution in [2.24, 2.45) is 4.99 Å². The largest absolute Gasteiger partial charge is 0.459 e. The summed E-state index contributed by atoms with van der Waals surface area (Å²) in [5.74, 6) is -0.899. The van der Waals surface area contributed by atoms with Crippen molar-refractivity contribution in [1.29, 1.82) is 0 Å². The van der Waals surface area contributed by atoms with Gasteiger partial charge in [-0.05, 0) is 44.4 Å². The lowest BCUT2D eigenvalue weighted by atomic mass is 10.0. The molecule has 154 valence electrons. The molecule has 0 fully saturated rings. The minimum atomic E-state index is -0.629. The van der Waals surface area contributed by atoms with Crippen molar-refractivity contribution in [3.63, 3.8) is 0 Å². The van der Waals surface area contributed by atoms with Crippen LogP contribution in [0.25, 0.3) is 6.08 Å². The second-order valence-corrected chi connectivity index (χ2v) is 9.06. The van der Waals surface area contributed by atoms with Gasteiger partial charge >= 0.3 is 5.97 Å². The number of carbonyl (C=O) groups is 1. The summed E-state index contributed by atoms with van der Waals surface area (Å²) >= 11 is 2.63. The van der Waals surface area contributed by atoms with Crippen molar-refractivity contribution in [3.8, 4) is 0 Å². The molecule has 1 aliphatic rings. The molecule has 1 aliphatic heterocycles. The number of nitrogens with zero attached hydrogens (tertiary/aromatic N) is 2. The second kappa shape index (κ2) is 8.12. The molecule has 0 bridgehead atoms. The van der Waals surface area contributed by atoms with E-state index in [2.05, 4.69) is 4.99 Å². The lowest BCUT2D eigenvalue weighted by molar-refractivity contribution is -0.143. The topological polar surface area (TPSA) is 60.7 Å². The first-order valence-electron chi connectivity index (χ1n) is 9.38. The van der Waals surface area contributed by atoms with Crippen LogP contribution in [0.2, 0.25) is 0 Å². The number of thiophene rings is 1. The maximum Gasteiger partial charge on any atom is 0.338 e. The lowest BCUT2D eigenvalue weighted by Gasteiger charge is -2.24. The van der Waals surface area contributed by atoms with Gasteiger partial charge in [0.15, 0.2) is 4.80 Å². The quantitative estimate of drug-likeness (QED) is 0.582. The first kappa shape index (κ1) is 20.4. The SMILES string of the molecule is CC1=C(C(=O)OC(C)C)C(c2cccs2)n2c(sc(=Cc3ccccc3F)c2=O)=N1. The number of esters is 1. The number of carbonyl (C=O) groups excluding carboxylic acids is 1.